The number of likely N-dealkylation sites (N-methyl/N-ethyl adjacent to an activating group) is 1. The topological polar surface area (TPSA) is 118 Å². The molecule has 45 heavy (non-hydrogen) atoms. The molecule has 0 aliphatic heterocycles. The Kier molecular flexibility index (Phi) is 9.58. The molecule has 2 N–H and O–H groups in total. The average molecular weight is 607 g/mol. The van der Waals surface area contributed by atoms with Crippen LogP contribution in [0.15, 0.2) is 109 Å². The van der Waals surface area contributed by atoms with E-state index in [0.29, 0.717) is 34.8 Å². The van der Waals surface area contributed by atoms with Gasteiger partial charge in [-0.3, -0.25) is 14.4 Å². The number of ether oxygens (including phenoxy) is 1. The monoisotopic (exact) mass is 606 g/mol. The molecular formula is C34H31FN6O4. The highest BCUT2D eigenvalue weighted by molar-refractivity contribution is 6.04. The summed E-state index contributed by atoms with van der Waals surface area (Å²) in [5.41, 5.74) is 3.19. The predicted octanol–water partition coefficient (Wildman–Crippen LogP) is 4.74. The highest BCUT2D eigenvalue weighted by Crippen LogP contribution is 2.21. The smallest absolute Gasteiger partial charge is 0.258 e. The Morgan fingerprint density at radius 3 is 2.29 bits per heavy atom. The first-order valence-corrected chi connectivity index (χ1v) is 14.1. The van der Waals surface area contributed by atoms with Crippen molar-refractivity contribution in [3.8, 4) is 17.0 Å². The first kappa shape index (κ1) is 30.6. The van der Waals surface area contributed by atoms with Gasteiger partial charge in [-0.25, -0.2) is 9.07 Å². The van der Waals surface area contributed by atoms with Gasteiger partial charge >= 0.3 is 0 Å². The number of benzene rings is 4. The third kappa shape index (κ3) is 7.77. The lowest BCUT2D eigenvalue weighted by molar-refractivity contribution is -0.127. The van der Waals surface area contributed by atoms with Gasteiger partial charge in [-0.2, -0.15) is 0 Å². The van der Waals surface area contributed by atoms with E-state index in [0.717, 1.165) is 5.56 Å². The largest absolute Gasteiger partial charge is 0.497 e. The van der Waals surface area contributed by atoms with Crippen molar-refractivity contribution in [1.29, 1.82) is 0 Å². The van der Waals surface area contributed by atoms with Gasteiger partial charge in [0, 0.05) is 30.4 Å². The Bertz CT molecular complexity index is 1770. The number of hydrogen-bond acceptors (Lipinski definition) is 6. The summed E-state index contributed by atoms with van der Waals surface area (Å²) in [5, 5.41) is 13.8. The summed E-state index contributed by atoms with van der Waals surface area (Å²) in [6.07, 6.45) is 1.92. The summed E-state index contributed by atoms with van der Waals surface area (Å²) < 4.78 is 20.5. The van der Waals surface area contributed by atoms with Crippen LogP contribution in [-0.4, -0.2) is 52.9 Å². The SMILES string of the molecule is COc1ccc(N(C)C(=O)[C@H](Cc2ccccc2)NC(=O)Cn2cc(-c3ccc(NC(=O)c4ccccc4F)cc3)nn2)cc1. The normalized spacial score (nSPS) is 11.4. The van der Waals surface area contributed by atoms with Crippen molar-refractivity contribution in [2.45, 2.75) is 19.0 Å². The fraction of sp³-hybridized carbons (Fsp3) is 0.147. The summed E-state index contributed by atoms with van der Waals surface area (Å²) in [7, 11) is 3.23. The molecule has 5 rings (SSSR count). The van der Waals surface area contributed by atoms with Gasteiger partial charge in [0.1, 0.15) is 29.8 Å². The zero-order chi connectivity index (χ0) is 31.8. The molecule has 1 aromatic heterocycles. The van der Waals surface area contributed by atoms with Gasteiger partial charge in [0.2, 0.25) is 11.8 Å². The number of nitrogens with one attached hydrogen (secondary N) is 2. The second kappa shape index (κ2) is 14.1. The minimum atomic E-state index is -0.831. The van der Waals surface area contributed by atoms with Crippen molar-refractivity contribution < 1.29 is 23.5 Å². The summed E-state index contributed by atoms with van der Waals surface area (Å²) in [6.45, 7) is -0.158. The maximum absolute atomic E-state index is 13.9. The Morgan fingerprint density at radius 1 is 0.911 bits per heavy atom. The fourth-order valence-electron chi connectivity index (χ4n) is 4.68. The van der Waals surface area contributed by atoms with Gasteiger partial charge in [-0.05, 0) is 54.1 Å². The van der Waals surface area contributed by atoms with Crippen molar-refractivity contribution in [3.63, 3.8) is 0 Å². The number of methoxy groups -OCH3 is 1. The summed E-state index contributed by atoms with van der Waals surface area (Å²) in [6, 6.07) is 28.2. The van der Waals surface area contributed by atoms with E-state index in [2.05, 4.69) is 20.9 Å². The molecule has 11 heteroatoms. The molecule has 0 saturated carbocycles. The standard InChI is InChI=1S/C34H31FN6O4/c1-40(26-16-18-27(45-2)19-17-26)34(44)30(20-23-8-4-3-5-9-23)37-32(42)22-41-21-31(38-39-41)24-12-14-25(15-13-24)36-33(43)28-10-6-7-11-29(28)35/h3-19,21,30H,20,22H2,1-2H3,(H,36,43)(H,37,42)/t30-/m0/s1. The molecule has 0 spiro atoms. The fourth-order valence-corrected chi connectivity index (χ4v) is 4.68. The van der Waals surface area contributed by atoms with Gasteiger partial charge in [0.25, 0.3) is 5.91 Å². The summed E-state index contributed by atoms with van der Waals surface area (Å²) in [4.78, 5) is 40.6. The lowest BCUT2D eigenvalue weighted by Crippen LogP contribution is -2.49. The Labute approximate surface area is 259 Å². The van der Waals surface area contributed by atoms with Crippen LogP contribution in [0.4, 0.5) is 15.8 Å². The molecule has 0 radical (unpaired) electrons. The molecule has 0 aliphatic rings. The number of carbonyl (C=O) groups is 3. The number of halogens is 1. The molecule has 0 fully saturated rings. The Morgan fingerprint density at radius 2 is 1.60 bits per heavy atom. The summed E-state index contributed by atoms with van der Waals surface area (Å²) in [5.74, 6) is -1.18. The number of hydrogen-bond donors (Lipinski definition) is 2. The number of amides is 3. The second-order valence-electron chi connectivity index (χ2n) is 10.2. The summed E-state index contributed by atoms with van der Waals surface area (Å²) >= 11 is 0. The van der Waals surface area contributed by atoms with E-state index in [1.165, 1.54) is 27.8 Å². The van der Waals surface area contributed by atoms with Gasteiger partial charge in [-0.1, -0.05) is 59.8 Å². The van der Waals surface area contributed by atoms with Gasteiger partial charge in [-0.15, -0.1) is 5.10 Å². The minimum absolute atomic E-state index is 0.0529. The highest BCUT2D eigenvalue weighted by Gasteiger charge is 2.26. The zero-order valence-electron chi connectivity index (χ0n) is 24.7. The van der Waals surface area contributed by atoms with Gasteiger partial charge < -0.3 is 20.3 Å². The van der Waals surface area contributed by atoms with Crippen LogP contribution in [0.2, 0.25) is 0 Å². The van der Waals surface area contributed by atoms with E-state index >= 15 is 0 Å². The first-order valence-electron chi connectivity index (χ1n) is 14.1. The third-order valence-corrected chi connectivity index (χ3v) is 7.11. The average Bonchev–Trinajstić information content (AvgIpc) is 3.53. The minimum Gasteiger partial charge on any atom is -0.497 e. The number of rotatable bonds is 11. The maximum atomic E-state index is 13.9. The number of carbonyl (C=O) groups excluding carboxylic acids is 3. The van der Waals surface area contributed by atoms with E-state index in [1.54, 1.807) is 75.0 Å². The van der Waals surface area contributed by atoms with E-state index in [-0.39, 0.29) is 18.0 Å². The van der Waals surface area contributed by atoms with E-state index in [9.17, 15) is 18.8 Å². The van der Waals surface area contributed by atoms with Crippen LogP contribution in [-0.2, 0) is 22.6 Å². The predicted molar refractivity (Wildman–Crippen MR) is 168 cm³/mol. The van der Waals surface area contributed by atoms with E-state index < -0.39 is 23.7 Å². The van der Waals surface area contributed by atoms with Crippen LogP contribution in [0.25, 0.3) is 11.3 Å². The Hall–Kier alpha value is -5.84. The third-order valence-electron chi connectivity index (χ3n) is 7.11. The molecule has 0 unspecified atom stereocenters. The molecule has 1 heterocycles. The molecule has 1 atom stereocenters. The van der Waals surface area contributed by atoms with Crippen molar-refractivity contribution >= 4 is 29.1 Å². The van der Waals surface area contributed by atoms with Crippen LogP contribution in [0.1, 0.15) is 15.9 Å². The van der Waals surface area contributed by atoms with E-state index in [1.807, 2.05) is 30.3 Å². The molecule has 228 valence electrons. The lowest BCUT2D eigenvalue weighted by atomic mass is 10.0. The number of aromatic nitrogens is 3. The Balaban J connectivity index is 1.24. The van der Waals surface area contributed by atoms with Gasteiger partial charge in [0.05, 0.1) is 18.9 Å². The highest BCUT2D eigenvalue weighted by atomic mass is 19.1. The zero-order valence-corrected chi connectivity index (χ0v) is 24.7. The van der Waals surface area contributed by atoms with Crippen molar-refractivity contribution in [3.05, 3.63) is 126 Å². The van der Waals surface area contributed by atoms with Crippen molar-refractivity contribution in [2.24, 2.45) is 0 Å². The molecule has 10 nitrogen and oxygen atoms in total. The number of anilines is 2. The molecular weight excluding hydrogens is 575 g/mol. The number of nitrogens with zero attached hydrogens (tertiary/aromatic N) is 4. The van der Waals surface area contributed by atoms with E-state index in [4.69, 9.17) is 4.74 Å². The van der Waals surface area contributed by atoms with Crippen LogP contribution < -0.4 is 20.3 Å². The molecule has 5 aromatic rings. The quantitative estimate of drug-likeness (QED) is 0.224. The van der Waals surface area contributed by atoms with Crippen LogP contribution in [0, 0.1) is 5.82 Å². The van der Waals surface area contributed by atoms with Gasteiger partial charge in [0.15, 0.2) is 0 Å². The molecule has 4 aromatic carbocycles. The van der Waals surface area contributed by atoms with Crippen LogP contribution >= 0.6 is 0 Å². The molecule has 0 saturated heterocycles. The van der Waals surface area contributed by atoms with Crippen LogP contribution in [0.3, 0.4) is 0 Å². The maximum Gasteiger partial charge on any atom is 0.258 e. The molecule has 3 amide bonds. The first-order chi connectivity index (χ1) is 21.8. The van der Waals surface area contributed by atoms with Crippen molar-refractivity contribution in [2.75, 3.05) is 24.4 Å². The second-order valence-corrected chi connectivity index (χ2v) is 10.2. The lowest BCUT2D eigenvalue weighted by Gasteiger charge is -2.25. The molecule has 0 bridgehead atoms. The molecule has 0 aliphatic carbocycles. The van der Waals surface area contributed by atoms with Crippen molar-refractivity contribution in [1.82, 2.24) is 20.3 Å². The van der Waals surface area contributed by atoms with Crippen LogP contribution in [0.5, 0.6) is 5.75 Å².